The topological polar surface area (TPSA) is 81.4 Å². The van der Waals surface area contributed by atoms with Crippen molar-refractivity contribution in [2.45, 2.75) is 25.8 Å². The molecule has 0 spiro atoms. The maximum atomic E-state index is 12.3. The maximum Gasteiger partial charge on any atom is 0.237 e. The number of carbonyl (C=O) groups excluding carboxylic acids is 2. The zero-order chi connectivity index (χ0) is 16.1. The Kier molecular flexibility index (Phi) is 5.33. The molecule has 1 saturated heterocycles. The summed E-state index contributed by atoms with van der Waals surface area (Å²) in [4.78, 5) is 24.0. The number of carbonyl (C=O) groups is 2. The molecule has 1 amide bonds. The molecular formula is C17H22N2O3. The monoisotopic (exact) mass is 302 g/mol. The molecule has 1 aromatic rings. The van der Waals surface area contributed by atoms with E-state index in [4.69, 9.17) is 10.5 Å². The molecule has 3 N–H and O–H groups in total. The van der Waals surface area contributed by atoms with Gasteiger partial charge in [-0.15, -0.1) is 0 Å². The molecule has 1 aliphatic rings. The fourth-order valence-corrected chi connectivity index (χ4v) is 2.64. The van der Waals surface area contributed by atoms with Crippen molar-refractivity contribution in [2.75, 3.05) is 13.7 Å². The van der Waals surface area contributed by atoms with Crippen molar-refractivity contribution in [3.63, 3.8) is 0 Å². The first-order chi connectivity index (χ1) is 10.5. The maximum absolute atomic E-state index is 12.3. The smallest absolute Gasteiger partial charge is 0.237 e. The third-order valence-corrected chi connectivity index (χ3v) is 3.95. The summed E-state index contributed by atoms with van der Waals surface area (Å²) < 4.78 is 5.21. The highest BCUT2D eigenvalue weighted by Gasteiger charge is 2.30. The van der Waals surface area contributed by atoms with Crippen molar-refractivity contribution in [3.8, 4) is 5.75 Å². The summed E-state index contributed by atoms with van der Waals surface area (Å²) in [6.45, 7) is 2.53. The molecule has 0 aliphatic carbocycles. The number of benzene rings is 1. The number of ketones is 1. The minimum absolute atomic E-state index is 0.0991. The van der Waals surface area contributed by atoms with Gasteiger partial charge in [-0.25, -0.2) is 0 Å². The second-order valence-corrected chi connectivity index (χ2v) is 5.53. The number of hydrogen-bond acceptors (Lipinski definition) is 4. The van der Waals surface area contributed by atoms with E-state index in [9.17, 15) is 9.59 Å². The van der Waals surface area contributed by atoms with Crippen molar-refractivity contribution in [1.82, 2.24) is 5.32 Å². The Morgan fingerprint density at radius 2 is 2.23 bits per heavy atom. The molecule has 2 rings (SSSR count). The van der Waals surface area contributed by atoms with Gasteiger partial charge in [0.1, 0.15) is 5.75 Å². The Bertz CT molecular complexity index is 596. The van der Waals surface area contributed by atoms with E-state index in [1.165, 1.54) is 6.08 Å². The highest BCUT2D eigenvalue weighted by molar-refractivity contribution is 5.99. The van der Waals surface area contributed by atoms with Crippen LogP contribution in [0.5, 0.6) is 5.75 Å². The van der Waals surface area contributed by atoms with Crippen LogP contribution in [0, 0.1) is 12.8 Å². The molecule has 5 nitrogen and oxygen atoms in total. The van der Waals surface area contributed by atoms with Crippen molar-refractivity contribution in [3.05, 3.63) is 35.4 Å². The van der Waals surface area contributed by atoms with Crippen LogP contribution in [0.2, 0.25) is 0 Å². The van der Waals surface area contributed by atoms with Gasteiger partial charge in [-0.05, 0) is 49.1 Å². The number of allylic oxidation sites excluding steroid dienone is 1. The van der Waals surface area contributed by atoms with Gasteiger partial charge in [0, 0.05) is 12.5 Å². The van der Waals surface area contributed by atoms with Crippen LogP contribution >= 0.6 is 0 Å². The third kappa shape index (κ3) is 3.74. The van der Waals surface area contributed by atoms with Crippen LogP contribution in [0.3, 0.4) is 0 Å². The van der Waals surface area contributed by atoms with Gasteiger partial charge in [0.2, 0.25) is 5.91 Å². The SMILES string of the molecule is COc1ccc(C=CC(=O)C2CCCNC(=O)C2N)cc1C. The summed E-state index contributed by atoms with van der Waals surface area (Å²) in [5, 5.41) is 2.72. The summed E-state index contributed by atoms with van der Waals surface area (Å²) in [7, 11) is 1.62. The molecule has 1 aromatic carbocycles. The van der Waals surface area contributed by atoms with Crippen LogP contribution in [-0.4, -0.2) is 31.4 Å². The van der Waals surface area contributed by atoms with E-state index in [0.717, 1.165) is 23.3 Å². The highest BCUT2D eigenvalue weighted by Crippen LogP contribution is 2.20. The zero-order valence-electron chi connectivity index (χ0n) is 13.0. The van der Waals surface area contributed by atoms with Crippen LogP contribution in [-0.2, 0) is 9.59 Å². The van der Waals surface area contributed by atoms with Crippen LogP contribution in [0.25, 0.3) is 6.08 Å². The zero-order valence-corrected chi connectivity index (χ0v) is 13.0. The Morgan fingerprint density at radius 3 is 2.91 bits per heavy atom. The molecule has 0 aromatic heterocycles. The third-order valence-electron chi connectivity index (χ3n) is 3.95. The minimum Gasteiger partial charge on any atom is -0.496 e. The number of ether oxygens (including phenoxy) is 1. The van der Waals surface area contributed by atoms with E-state index >= 15 is 0 Å². The molecule has 1 heterocycles. The number of amides is 1. The summed E-state index contributed by atoms with van der Waals surface area (Å²) in [5.41, 5.74) is 7.79. The summed E-state index contributed by atoms with van der Waals surface area (Å²) >= 11 is 0. The Hall–Kier alpha value is -2.14. The lowest BCUT2D eigenvalue weighted by Crippen LogP contribution is -2.45. The van der Waals surface area contributed by atoms with Crippen molar-refractivity contribution in [1.29, 1.82) is 0 Å². The van der Waals surface area contributed by atoms with Gasteiger partial charge in [-0.2, -0.15) is 0 Å². The molecule has 1 aliphatic heterocycles. The van der Waals surface area contributed by atoms with Crippen molar-refractivity contribution >= 4 is 17.8 Å². The van der Waals surface area contributed by atoms with Crippen molar-refractivity contribution < 1.29 is 14.3 Å². The van der Waals surface area contributed by atoms with Gasteiger partial charge < -0.3 is 15.8 Å². The van der Waals surface area contributed by atoms with Crippen molar-refractivity contribution in [2.24, 2.45) is 11.7 Å². The number of methoxy groups -OCH3 is 1. The highest BCUT2D eigenvalue weighted by atomic mass is 16.5. The molecule has 0 radical (unpaired) electrons. The number of rotatable bonds is 4. The number of hydrogen-bond donors (Lipinski definition) is 2. The predicted octanol–water partition coefficient (Wildman–Crippen LogP) is 1.44. The predicted molar refractivity (Wildman–Crippen MR) is 85.5 cm³/mol. The van der Waals surface area contributed by atoms with Gasteiger partial charge in [0.05, 0.1) is 13.2 Å². The largest absolute Gasteiger partial charge is 0.496 e. The second kappa shape index (κ2) is 7.22. The molecule has 1 fully saturated rings. The van der Waals surface area contributed by atoms with Gasteiger partial charge in [0.15, 0.2) is 5.78 Å². The van der Waals surface area contributed by atoms with Gasteiger partial charge in [0.25, 0.3) is 0 Å². The summed E-state index contributed by atoms with van der Waals surface area (Å²) in [6, 6.07) is 4.93. The number of nitrogens with one attached hydrogen (secondary N) is 1. The Balaban J connectivity index is 2.10. The summed E-state index contributed by atoms with van der Waals surface area (Å²) in [6.07, 6.45) is 4.67. The normalized spacial score (nSPS) is 22.2. The average molecular weight is 302 g/mol. The van der Waals surface area contributed by atoms with Crippen LogP contribution < -0.4 is 15.8 Å². The molecule has 2 atom stereocenters. The fourth-order valence-electron chi connectivity index (χ4n) is 2.64. The minimum atomic E-state index is -0.766. The van der Waals surface area contributed by atoms with E-state index < -0.39 is 12.0 Å². The van der Waals surface area contributed by atoms with E-state index in [1.54, 1.807) is 13.2 Å². The lowest BCUT2D eigenvalue weighted by atomic mass is 9.91. The lowest BCUT2D eigenvalue weighted by molar-refractivity contribution is -0.127. The molecule has 2 unspecified atom stereocenters. The lowest BCUT2D eigenvalue weighted by Gasteiger charge is -2.16. The molecule has 118 valence electrons. The molecule has 0 saturated carbocycles. The molecule has 5 heteroatoms. The first kappa shape index (κ1) is 16.2. The Morgan fingerprint density at radius 1 is 1.45 bits per heavy atom. The summed E-state index contributed by atoms with van der Waals surface area (Å²) in [5.74, 6) is 0.0200. The van der Waals surface area contributed by atoms with Crippen LogP contribution in [0.15, 0.2) is 24.3 Å². The molecule has 0 bridgehead atoms. The van der Waals surface area contributed by atoms with Crippen LogP contribution in [0.1, 0.15) is 24.0 Å². The Labute approximate surface area is 130 Å². The molecular weight excluding hydrogens is 280 g/mol. The number of nitrogens with two attached hydrogens (primary N) is 1. The van der Waals surface area contributed by atoms with E-state index in [0.29, 0.717) is 13.0 Å². The fraction of sp³-hybridized carbons (Fsp3) is 0.412. The van der Waals surface area contributed by atoms with Gasteiger partial charge in [-0.3, -0.25) is 9.59 Å². The molecule has 22 heavy (non-hydrogen) atoms. The second-order valence-electron chi connectivity index (χ2n) is 5.53. The van der Waals surface area contributed by atoms with Gasteiger partial charge in [-0.1, -0.05) is 12.1 Å². The standard InChI is InChI=1S/C17H22N2O3/c1-11-10-12(6-8-15(11)22-2)5-7-14(20)13-4-3-9-19-17(21)16(13)18/h5-8,10,13,16H,3-4,9,18H2,1-2H3,(H,19,21). The average Bonchev–Trinajstić information content (AvgIpc) is 2.67. The van der Waals surface area contributed by atoms with E-state index in [1.807, 2.05) is 25.1 Å². The quantitative estimate of drug-likeness (QED) is 0.825. The first-order valence-electron chi connectivity index (χ1n) is 7.43. The number of aryl methyl sites for hydroxylation is 1. The van der Waals surface area contributed by atoms with E-state index in [2.05, 4.69) is 5.32 Å². The van der Waals surface area contributed by atoms with E-state index in [-0.39, 0.29) is 11.7 Å². The first-order valence-corrected chi connectivity index (χ1v) is 7.43. The van der Waals surface area contributed by atoms with Crippen LogP contribution in [0.4, 0.5) is 0 Å². The van der Waals surface area contributed by atoms with Gasteiger partial charge >= 0.3 is 0 Å².